The minimum Gasteiger partial charge on any atom is -0.358 e. The molecular weight excluding hydrogens is 364 g/mol. The number of piperazine rings is 1. The summed E-state index contributed by atoms with van der Waals surface area (Å²) in [4.78, 5) is 4.97. The number of hydrogen-bond acceptors (Lipinski definition) is 3. The second-order valence-corrected chi connectivity index (χ2v) is 8.31. The number of aryl methyl sites for hydroxylation is 2. The monoisotopic (exact) mass is 396 g/mol. The molecule has 3 rings (SSSR count). The Labute approximate surface area is 174 Å². The van der Waals surface area contributed by atoms with Gasteiger partial charge in [-0.3, -0.25) is 4.90 Å². The highest BCUT2D eigenvalue weighted by atomic mass is 32.1. The fraction of sp³-hybridized carbons (Fsp3) is 0.435. The normalized spacial score (nSPS) is 17.7. The molecule has 1 aliphatic heterocycles. The minimum absolute atomic E-state index is 0.191. The average molecular weight is 397 g/mol. The third-order valence-corrected chi connectivity index (χ3v) is 5.77. The summed E-state index contributed by atoms with van der Waals surface area (Å²) < 4.78 is 0. The van der Waals surface area contributed by atoms with Crippen LogP contribution in [0.25, 0.3) is 0 Å². The van der Waals surface area contributed by atoms with Gasteiger partial charge in [0.1, 0.15) is 0 Å². The third-order valence-electron chi connectivity index (χ3n) is 5.55. The van der Waals surface area contributed by atoms with Crippen LogP contribution < -0.4 is 10.6 Å². The zero-order valence-corrected chi connectivity index (χ0v) is 18.2. The fourth-order valence-corrected chi connectivity index (χ4v) is 4.18. The highest BCUT2D eigenvalue weighted by Crippen LogP contribution is 2.26. The number of anilines is 1. The summed E-state index contributed by atoms with van der Waals surface area (Å²) in [6, 6.07) is 17.6. The van der Waals surface area contributed by atoms with Gasteiger partial charge in [-0.15, -0.1) is 0 Å². The molecule has 0 radical (unpaired) electrons. The summed E-state index contributed by atoms with van der Waals surface area (Å²) >= 11 is 5.66. The van der Waals surface area contributed by atoms with Gasteiger partial charge in [-0.05, 0) is 62.8 Å². The molecule has 2 aromatic rings. The van der Waals surface area contributed by atoms with Crippen molar-refractivity contribution in [2.75, 3.05) is 38.5 Å². The lowest BCUT2D eigenvalue weighted by molar-refractivity contribution is 0.0973. The van der Waals surface area contributed by atoms with Gasteiger partial charge in [-0.25, -0.2) is 0 Å². The van der Waals surface area contributed by atoms with Crippen molar-refractivity contribution in [1.82, 2.24) is 15.1 Å². The van der Waals surface area contributed by atoms with Crippen LogP contribution in [-0.4, -0.2) is 54.2 Å². The van der Waals surface area contributed by atoms with Gasteiger partial charge in [-0.1, -0.05) is 42.5 Å². The summed E-state index contributed by atoms with van der Waals surface area (Å²) in [6.45, 7) is 10.8. The first-order valence-corrected chi connectivity index (χ1v) is 10.5. The molecule has 1 fully saturated rings. The largest absolute Gasteiger partial charge is 0.358 e. The lowest BCUT2D eigenvalue weighted by atomic mass is 9.98. The van der Waals surface area contributed by atoms with Gasteiger partial charge in [0, 0.05) is 37.9 Å². The van der Waals surface area contributed by atoms with Crippen LogP contribution in [0.2, 0.25) is 0 Å². The summed E-state index contributed by atoms with van der Waals surface area (Å²) in [6.07, 6.45) is 0. The maximum atomic E-state index is 5.66. The van der Waals surface area contributed by atoms with Crippen LogP contribution in [0, 0.1) is 13.8 Å². The predicted octanol–water partition coefficient (Wildman–Crippen LogP) is 3.97. The zero-order valence-electron chi connectivity index (χ0n) is 17.4. The van der Waals surface area contributed by atoms with Gasteiger partial charge < -0.3 is 15.5 Å². The van der Waals surface area contributed by atoms with Crippen molar-refractivity contribution in [1.29, 1.82) is 0 Å². The molecule has 0 bridgehead atoms. The van der Waals surface area contributed by atoms with Crippen molar-refractivity contribution in [3.05, 3.63) is 65.2 Å². The molecule has 1 aliphatic rings. The topological polar surface area (TPSA) is 30.5 Å². The molecule has 0 aliphatic carbocycles. The van der Waals surface area contributed by atoms with Crippen molar-refractivity contribution >= 4 is 23.0 Å². The van der Waals surface area contributed by atoms with Crippen molar-refractivity contribution in [3.8, 4) is 0 Å². The number of benzene rings is 2. The SMILES string of the molecule is Cc1ccc(C)c(NC(=S)N[C@@H](C)[C@@H](c2ccccc2)N2CCN(C)CC2)c1. The lowest BCUT2D eigenvalue weighted by Gasteiger charge is -2.41. The molecule has 0 saturated carbocycles. The maximum absolute atomic E-state index is 5.66. The first-order valence-electron chi connectivity index (χ1n) is 10.1. The van der Waals surface area contributed by atoms with Gasteiger partial charge in [0.15, 0.2) is 5.11 Å². The van der Waals surface area contributed by atoms with Crippen LogP contribution >= 0.6 is 12.2 Å². The van der Waals surface area contributed by atoms with Gasteiger partial charge in [0.25, 0.3) is 0 Å². The highest BCUT2D eigenvalue weighted by Gasteiger charge is 2.28. The summed E-state index contributed by atoms with van der Waals surface area (Å²) in [5.74, 6) is 0. The van der Waals surface area contributed by atoms with E-state index in [2.05, 4.69) is 96.8 Å². The van der Waals surface area contributed by atoms with E-state index in [1.54, 1.807) is 0 Å². The van der Waals surface area contributed by atoms with Gasteiger partial charge in [0.05, 0.1) is 6.04 Å². The molecular formula is C23H32N4S. The first-order chi connectivity index (χ1) is 13.4. The Morgan fingerprint density at radius 3 is 2.36 bits per heavy atom. The van der Waals surface area contributed by atoms with Crippen molar-refractivity contribution in [2.24, 2.45) is 0 Å². The standard InChI is InChI=1S/C23H32N4S/c1-17-10-11-18(2)21(16-17)25-23(28)24-19(3)22(20-8-6-5-7-9-20)27-14-12-26(4)13-15-27/h5-11,16,19,22H,12-15H2,1-4H3,(H2,24,25,28)/t19-,22-/m0/s1. The second kappa shape index (κ2) is 9.50. The van der Waals surface area contributed by atoms with Gasteiger partial charge in [-0.2, -0.15) is 0 Å². The number of hydrogen-bond donors (Lipinski definition) is 2. The van der Waals surface area contributed by atoms with E-state index < -0.39 is 0 Å². The molecule has 2 atom stereocenters. The van der Waals surface area contributed by atoms with E-state index in [1.807, 2.05) is 0 Å². The van der Waals surface area contributed by atoms with E-state index in [1.165, 1.54) is 16.7 Å². The van der Waals surface area contributed by atoms with E-state index in [9.17, 15) is 0 Å². The van der Waals surface area contributed by atoms with Crippen molar-refractivity contribution in [2.45, 2.75) is 32.9 Å². The van der Waals surface area contributed by atoms with E-state index in [0.29, 0.717) is 5.11 Å². The maximum Gasteiger partial charge on any atom is 0.171 e. The molecule has 2 aromatic carbocycles. The number of thiocarbonyl (C=S) groups is 1. The molecule has 0 spiro atoms. The van der Waals surface area contributed by atoms with E-state index >= 15 is 0 Å². The van der Waals surface area contributed by atoms with Crippen LogP contribution in [0.3, 0.4) is 0 Å². The molecule has 0 unspecified atom stereocenters. The molecule has 150 valence electrons. The Morgan fingerprint density at radius 1 is 1.00 bits per heavy atom. The summed E-state index contributed by atoms with van der Waals surface area (Å²) in [7, 11) is 2.19. The van der Waals surface area contributed by atoms with Crippen LogP contribution in [0.4, 0.5) is 5.69 Å². The molecule has 1 saturated heterocycles. The van der Waals surface area contributed by atoms with Gasteiger partial charge >= 0.3 is 0 Å². The van der Waals surface area contributed by atoms with Crippen LogP contribution in [0.15, 0.2) is 48.5 Å². The molecule has 2 N–H and O–H groups in total. The van der Waals surface area contributed by atoms with E-state index in [4.69, 9.17) is 12.2 Å². The number of likely N-dealkylation sites (N-methyl/N-ethyl adjacent to an activating group) is 1. The third kappa shape index (κ3) is 5.31. The Bertz CT molecular complexity index is 784. The Hall–Kier alpha value is -1.95. The van der Waals surface area contributed by atoms with Crippen LogP contribution in [-0.2, 0) is 0 Å². The fourth-order valence-electron chi connectivity index (χ4n) is 3.88. The zero-order chi connectivity index (χ0) is 20.1. The molecule has 28 heavy (non-hydrogen) atoms. The van der Waals surface area contributed by atoms with E-state index in [0.717, 1.165) is 31.9 Å². The summed E-state index contributed by atoms with van der Waals surface area (Å²) in [5.41, 5.74) is 4.83. The van der Waals surface area contributed by atoms with Gasteiger partial charge in [0.2, 0.25) is 0 Å². The number of nitrogens with one attached hydrogen (secondary N) is 2. The lowest BCUT2D eigenvalue weighted by Crippen LogP contribution is -2.52. The van der Waals surface area contributed by atoms with Crippen molar-refractivity contribution in [3.63, 3.8) is 0 Å². The average Bonchev–Trinajstić information content (AvgIpc) is 2.67. The first kappa shape index (κ1) is 20.8. The predicted molar refractivity (Wildman–Crippen MR) is 123 cm³/mol. The highest BCUT2D eigenvalue weighted by molar-refractivity contribution is 7.80. The Balaban J connectivity index is 1.72. The minimum atomic E-state index is 0.191. The second-order valence-electron chi connectivity index (χ2n) is 7.90. The van der Waals surface area contributed by atoms with Crippen molar-refractivity contribution < 1.29 is 0 Å². The quantitative estimate of drug-likeness (QED) is 0.747. The molecule has 0 amide bonds. The smallest absolute Gasteiger partial charge is 0.171 e. The Kier molecular flexibility index (Phi) is 7.05. The number of nitrogens with zero attached hydrogens (tertiary/aromatic N) is 2. The van der Waals surface area contributed by atoms with E-state index in [-0.39, 0.29) is 12.1 Å². The Morgan fingerprint density at radius 2 is 1.68 bits per heavy atom. The van der Waals surface area contributed by atoms with Crippen LogP contribution in [0.5, 0.6) is 0 Å². The molecule has 4 nitrogen and oxygen atoms in total. The summed E-state index contributed by atoms with van der Waals surface area (Å²) in [5, 5.41) is 7.62. The molecule has 0 aromatic heterocycles. The number of rotatable bonds is 5. The molecule has 1 heterocycles. The molecule has 5 heteroatoms. The van der Waals surface area contributed by atoms with Crippen LogP contribution in [0.1, 0.15) is 29.7 Å².